The summed E-state index contributed by atoms with van der Waals surface area (Å²) in [7, 11) is 1.44. The van der Waals surface area contributed by atoms with Crippen molar-refractivity contribution in [2.45, 2.75) is 31.7 Å². The van der Waals surface area contributed by atoms with Crippen LogP contribution in [0.4, 0.5) is 18.3 Å². The van der Waals surface area contributed by atoms with E-state index in [1.54, 1.807) is 11.8 Å². The Morgan fingerprint density at radius 1 is 1.23 bits per heavy atom. The van der Waals surface area contributed by atoms with Gasteiger partial charge in [0.15, 0.2) is 10.8 Å². The molecule has 0 saturated carbocycles. The van der Waals surface area contributed by atoms with Crippen LogP contribution < -0.4 is 15.5 Å². The number of carbonyl (C=O) groups is 4. The first-order valence-corrected chi connectivity index (χ1v) is 12.7. The molecule has 4 N–H and O–H groups in total. The Morgan fingerprint density at radius 2 is 1.92 bits per heavy atom. The number of hydrogen-bond donors (Lipinski definition) is 4. The van der Waals surface area contributed by atoms with Crippen LogP contribution in [-0.4, -0.2) is 90.5 Å². The molecule has 2 amide bonds. The molecule has 0 unspecified atom stereocenters. The van der Waals surface area contributed by atoms with Crippen LogP contribution in [0.2, 0.25) is 10.0 Å². The number of amides is 2. The fourth-order valence-electron chi connectivity index (χ4n) is 3.68. The van der Waals surface area contributed by atoms with Crippen molar-refractivity contribution in [3.63, 3.8) is 0 Å². The standard InChI is InChI=1S/C21H22Cl2F3N5O7S/c1-8-11(22)12(23)13(28-8)16(32)29-9-3-5-31(7-10(9)37-2)20-30-14(18(34)35)15(39-20)17(33)27-4-6-38-19(36)21(24,25)26/h9-10,28H,3-7H2,1-2H3,(H,27,33)(H,29,32)(H,34,35)/t9-,10+/m1/s1. The summed E-state index contributed by atoms with van der Waals surface area (Å²) < 4.78 is 46.1. The number of rotatable bonds is 9. The van der Waals surface area contributed by atoms with Gasteiger partial charge in [-0.25, -0.2) is 14.6 Å². The molecule has 1 aliphatic heterocycles. The van der Waals surface area contributed by atoms with E-state index in [-0.39, 0.29) is 32.3 Å². The smallest absolute Gasteiger partial charge is 0.476 e. The summed E-state index contributed by atoms with van der Waals surface area (Å²) >= 11 is 12.9. The molecule has 3 heterocycles. The summed E-state index contributed by atoms with van der Waals surface area (Å²) in [6.45, 7) is 0.897. The molecule has 0 bridgehead atoms. The van der Waals surface area contributed by atoms with Crippen LogP contribution in [0.5, 0.6) is 0 Å². The summed E-state index contributed by atoms with van der Waals surface area (Å²) in [5.74, 6) is -5.31. The number of H-pyrrole nitrogens is 1. The highest BCUT2D eigenvalue weighted by Crippen LogP contribution is 2.31. The lowest BCUT2D eigenvalue weighted by Crippen LogP contribution is -2.55. The number of aromatic amines is 1. The number of carbonyl (C=O) groups excluding carboxylic acids is 3. The minimum atomic E-state index is -5.18. The van der Waals surface area contributed by atoms with Gasteiger partial charge in [-0.1, -0.05) is 34.5 Å². The van der Waals surface area contributed by atoms with Gasteiger partial charge in [-0.05, 0) is 13.3 Å². The fraction of sp³-hybridized carbons (Fsp3) is 0.476. The third-order valence-corrected chi connectivity index (χ3v) is 7.67. The number of alkyl halides is 3. The summed E-state index contributed by atoms with van der Waals surface area (Å²) in [6.07, 6.45) is -5.36. The van der Waals surface area contributed by atoms with Crippen molar-refractivity contribution in [2.24, 2.45) is 0 Å². The second-order valence-corrected chi connectivity index (χ2v) is 9.94. The van der Waals surface area contributed by atoms with Gasteiger partial charge in [0.1, 0.15) is 17.2 Å². The Morgan fingerprint density at radius 3 is 2.49 bits per heavy atom. The Labute approximate surface area is 232 Å². The van der Waals surface area contributed by atoms with Gasteiger partial charge in [-0.2, -0.15) is 13.2 Å². The highest BCUT2D eigenvalue weighted by atomic mass is 35.5. The second-order valence-electron chi connectivity index (χ2n) is 8.21. The molecule has 0 aliphatic carbocycles. The average Bonchev–Trinajstić information content (AvgIpc) is 3.44. The van der Waals surface area contributed by atoms with Gasteiger partial charge >= 0.3 is 18.1 Å². The molecular formula is C21H22Cl2F3N5O7S. The van der Waals surface area contributed by atoms with Gasteiger partial charge < -0.3 is 35.1 Å². The van der Waals surface area contributed by atoms with E-state index in [0.29, 0.717) is 18.7 Å². The second kappa shape index (κ2) is 12.4. The largest absolute Gasteiger partial charge is 0.490 e. The number of nitrogens with one attached hydrogen (secondary N) is 3. The number of carboxylic acids is 1. The number of ether oxygens (including phenoxy) is 2. The van der Waals surface area contributed by atoms with Crippen molar-refractivity contribution in [1.82, 2.24) is 20.6 Å². The number of hydrogen-bond acceptors (Lipinski definition) is 9. The summed E-state index contributed by atoms with van der Waals surface area (Å²) in [4.78, 5) is 55.9. The Balaban J connectivity index is 1.65. The lowest BCUT2D eigenvalue weighted by molar-refractivity contribution is -0.199. The van der Waals surface area contributed by atoms with E-state index in [9.17, 15) is 37.5 Å². The molecule has 12 nitrogen and oxygen atoms in total. The average molecular weight is 616 g/mol. The predicted molar refractivity (Wildman–Crippen MR) is 133 cm³/mol. The van der Waals surface area contributed by atoms with E-state index in [1.807, 2.05) is 0 Å². The van der Waals surface area contributed by atoms with E-state index in [2.05, 4.69) is 25.3 Å². The van der Waals surface area contributed by atoms with Gasteiger partial charge in [0.2, 0.25) is 0 Å². The monoisotopic (exact) mass is 615 g/mol. The van der Waals surface area contributed by atoms with Crippen LogP contribution in [0.25, 0.3) is 0 Å². The number of aromatic carboxylic acids is 1. The number of methoxy groups -OCH3 is 1. The first kappa shape index (κ1) is 30.5. The molecule has 1 fully saturated rings. The maximum absolute atomic E-state index is 12.7. The normalized spacial score (nSPS) is 17.6. The van der Waals surface area contributed by atoms with Crippen LogP contribution >= 0.6 is 34.5 Å². The fourth-order valence-corrected chi connectivity index (χ4v) is 5.10. The van der Waals surface area contributed by atoms with E-state index in [1.165, 1.54) is 7.11 Å². The zero-order chi connectivity index (χ0) is 29.1. The first-order valence-electron chi connectivity index (χ1n) is 11.1. The minimum Gasteiger partial charge on any atom is -0.476 e. The quantitative estimate of drug-likeness (QED) is 0.245. The number of nitrogens with zero attached hydrogens (tertiary/aromatic N) is 2. The molecule has 3 rings (SSSR count). The van der Waals surface area contributed by atoms with Gasteiger partial charge in [0.05, 0.1) is 28.7 Å². The first-order chi connectivity index (χ1) is 18.2. The molecule has 1 aliphatic rings. The number of aromatic nitrogens is 2. The maximum Gasteiger partial charge on any atom is 0.490 e. The Kier molecular flexibility index (Phi) is 9.69. The van der Waals surface area contributed by atoms with Crippen LogP contribution in [0.15, 0.2) is 0 Å². The lowest BCUT2D eigenvalue weighted by Gasteiger charge is -2.37. The number of halogens is 5. The Bertz CT molecular complexity index is 1270. The third kappa shape index (κ3) is 7.12. The third-order valence-electron chi connectivity index (χ3n) is 5.61. The number of anilines is 1. The van der Waals surface area contributed by atoms with Crippen molar-refractivity contribution in [1.29, 1.82) is 0 Å². The van der Waals surface area contributed by atoms with E-state index in [4.69, 9.17) is 27.9 Å². The number of carboxylic acid groups (broad SMARTS) is 1. The summed E-state index contributed by atoms with van der Waals surface area (Å²) in [5, 5.41) is 15.1. The summed E-state index contributed by atoms with van der Waals surface area (Å²) in [6, 6.07) is -0.446. The summed E-state index contributed by atoms with van der Waals surface area (Å²) in [5.41, 5.74) is 0.0780. The molecular weight excluding hydrogens is 594 g/mol. The number of aryl methyl sites for hydroxylation is 1. The lowest BCUT2D eigenvalue weighted by atomic mass is 10.0. The minimum absolute atomic E-state index is 0.0892. The molecule has 39 heavy (non-hydrogen) atoms. The highest BCUT2D eigenvalue weighted by molar-refractivity contribution is 7.17. The molecule has 0 spiro atoms. The van der Waals surface area contributed by atoms with Crippen LogP contribution in [0, 0.1) is 6.92 Å². The van der Waals surface area contributed by atoms with Crippen molar-refractivity contribution in [3.05, 3.63) is 32.0 Å². The van der Waals surface area contributed by atoms with Crippen LogP contribution in [0.3, 0.4) is 0 Å². The van der Waals surface area contributed by atoms with Gasteiger partial charge in [0.25, 0.3) is 11.8 Å². The van der Waals surface area contributed by atoms with Crippen molar-refractivity contribution >= 4 is 63.4 Å². The van der Waals surface area contributed by atoms with Crippen molar-refractivity contribution in [2.75, 3.05) is 38.3 Å². The van der Waals surface area contributed by atoms with Gasteiger partial charge in [0, 0.05) is 25.9 Å². The van der Waals surface area contributed by atoms with Crippen molar-refractivity contribution < 1.29 is 46.9 Å². The topological polar surface area (TPSA) is 163 Å². The highest BCUT2D eigenvalue weighted by Gasteiger charge is 2.41. The molecule has 214 valence electrons. The van der Waals surface area contributed by atoms with Crippen LogP contribution in [-0.2, 0) is 14.3 Å². The maximum atomic E-state index is 12.7. The number of thiazole rings is 1. The SMILES string of the molecule is CO[C@H]1CN(c2nc(C(=O)O)c(C(=O)NCCOC(=O)C(F)(F)F)s2)CC[C@H]1NC(=O)c1[nH]c(C)c(Cl)c1Cl. The van der Waals surface area contributed by atoms with Gasteiger partial charge in [-0.15, -0.1) is 0 Å². The van der Waals surface area contributed by atoms with Gasteiger partial charge in [-0.3, -0.25) is 9.59 Å². The molecule has 2 aromatic rings. The molecule has 2 atom stereocenters. The zero-order valence-electron chi connectivity index (χ0n) is 20.3. The number of piperidine rings is 1. The number of esters is 1. The van der Waals surface area contributed by atoms with E-state index >= 15 is 0 Å². The molecule has 0 radical (unpaired) electrons. The molecule has 2 aromatic heterocycles. The van der Waals surface area contributed by atoms with E-state index in [0.717, 1.165) is 11.3 Å². The van der Waals surface area contributed by atoms with E-state index < -0.39 is 60.9 Å². The predicted octanol–water partition coefficient (Wildman–Crippen LogP) is 2.64. The molecule has 1 saturated heterocycles. The zero-order valence-corrected chi connectivity index (χ0v) is 22.6. The van der Waals surface area contributed by atoms with Crippen molar-refractivity contribution in [3.8, 4) is 0 Å². The molecule has 18 heteroatoms. The van der Waals surface area contributed by atoms with Crippen LogP contribution in [0.1, 0.15) is 42.8 Å². The Hall–Kier alpha value is -3.08. The molecule has 0 aromatic carbocycles.